The van der Waals surface area contributed by atoms with Crippen molar-refractivity contribution in [3.8, 4) is 0 Å². The number of nitrogens with two attached hydrogens (primary N) is 1. The molecule has 1 fully saturated rings. The molecule has 112 valence electrons. The van der Waals surface area contributed by atoms with E-state index in [2.05, 4.69) is 11.7 Å². The van der Waals surface area contributed by atoms with Gasteiger partial charge in [-0.2, -0.15) is 0 Å². The minimum Gasteiger partial charge on any atom is -0.381 e. The Morgan fingerprint density at radius 3 is 2.71 bits per heavy atom. The fourth-order valence-corrected chi connectivity index (χ4v) is 3.61. The molecule has 2 N–H and O–H groups in total. The van der Waals surface area contributed by atoms with Crippen molar-refractivity contribution in [3.05, 3.63) is 47.6 Å². The topological polar surface area (TPSA) is 72.5 Å². The molecule has 1 aliphatic carbocycles. The van der Waals surface area contributed by atoms with Gasteiger partial charge in [0.2, 0.25) is 0 Å². The molecule has 0 amide bonds. The zero-order valence-corrected chi connectivity index (χ0v) is 12.5. The van der Waals surface area contributed by atoms with Gasteiger partial charge in [0.25, 0.3) is 0 Å². The maximum absolute atomic E-state index is 13.6. The number of benzene rings is 1. The van der Waals surface area contributed by atoms with Crippen LogP contribution in [0.5, 0.6) is 0 Å². The second-order valence-electron chi connectivity index (χ2n) is 4.99. The lowest BCUT2D eigenvalue weighted by atomic mass is 10.1. The van der Waals surface area contributed by atoms with Crippen molar-refractivity contribution in [2.75, 3.05) is 0 Å². The Morgan fingerprint density at radius 2 is 2.14 bits per heavy atom. The Morgan fingerprint density at radius 1 is 1.48 bits per heavy atom. The lowest BCUT2D eigenvalue weighted by molar-refractivity contribution is 0.595. The molecule has 0 aliphatic heterocycles. The summed E-state index contributed by atoms with van der Waals surface area (Å²) >= 11 is 0. The van der Waals surface area contributed by atoms with Crippen LogP contribution in [-0.2, 0) is 9.84 Å². The Balaban J connectivity index is 2.38. The van der Waals surface area contributed by atoms with Gasteiger partial charge in [-0.1, -0.05) is 12.1 Å². The van der Waals surface area contributed by atoms with Gasteiger partial charge in [-0.3, -0.25) is 0 Å². The van der Waals surface area contributed by atoms with Crippen molar-refractivity contribution >= 4 is 22.1 Å². The zero-order chi connectivity index (χ0) is 15.6. The van der Waals surface area contributed by atoms with Crippen LogP contribution >= 0.6 is 0 Å². The lowest BCUT2D eigenvalue weighted by Gasteiger charge is -2.06. The quantitative estimate of drug-likeness (QED) is 0.671. The average Bonchev–Trinajstić information content (AvgIpc) is 3.31. The first-order chi connectivity index (χ1) is 9.86. The van der Waals surface area contributed by atoms with Crippen LogP contribution in [0.1, 0.15) is 25.3 Å². The summed E-state index contributed by atoms with van der Waals surface area (Å²) in [5, 5.41) is -0.269. The molecule has 1 saturated carbocycles. The maximum Gasteiger partial charge on any atom is 0.181 e. The molecular formula is C15H17FN2O2S. The minimum absolute atomic E-state index is 0.269. The van der Waals surface area contributed by atoms with Crippen LogP contribution in [0.15, 0.2) is 51.9 Å². The SMILES string of the molecule is C=N/C(N)=C(F)\C=C(/C)c1cccc(S(=O)(=O)C2CC2)c1. The van der Waals surface area contributed by atoms with Crippen LogP contribution in [0.25, 0.3) is 5.57 Å². The predicted molar refractivity (Wildman–Crippen MR) is 82.2 cm³/mol. The van der Waals surface area contributed by atoms with Gasteiger partial charge in [-0.15, -0.1) is 0 Å². The molecule has 6 heteroatoms. The molecule has 21 heavy (non-hydrogen) atoms. The molecule has 0 radical (unpaired) electrons. The molecule has 0 atom stereocenters. The second kappa shape index (κ2) is 5.81. The molecular weight excluding hydrogens is 291 g/mol. The van der Waals surface area contributed by atoms with E-state index in [1.54, 1.807) is 31.2 Å². The number of sulfone groups is 1. The van der Waals surface area contributed by atoms with Gasteiger partial charge in [0.1, 0.15) is 0 Å². The second-order valence-corrected chi connectivity index (χ2v) is 7.22. The third-order valence-corrected chi connectivity index (χ3v) is 5.60. The molecule has 0 saturated heterocycles. The Hall–Kier alpha value is -1.95. The van der Waals surface area contributed by atoms with Crippen LogP contribution in [0.2, 0.25) is 0 Å². The smallest absolute Gasteiger partial charge is 0.181 e. The highest BCUT2D eigenvalue weighted by Crippen LogP contribution is 2.34. The van der Waals surface area contributed by atoms with E-state index < -0.39 is 15.7 Å². The highest BCUT2D eigenvalue weighted by atomic mass is 32.2. The van der Waals surface area contributed by atoms with Crippen LogP contribution in [0, 0.1) is 0 Å². The molecule has 0 bridgehead atoms. The fourth-order valence-electron chi connectivity index (χ4n) is 1.91. The minimum atomic E-state index is -3.26. The van der Waals surface area contributed by atoms with Crippen molar-refractivity contribution in [3.63, 3.8) is 0 Å². The van der Waals surface area contributed by atoms with Crippen LogP contribution in [0.3, 0.4) is 0 Å². The number of hydrogen-bond acceptors (Lipinski definition) is 4. The number of nitrogens with zero attached hydrogens (tertiary/aromatic N) is 1. The van der Waals surface area contributed by atoms with Crippen molar-refractivity contribution in [2.24, 2.45) is 10.7 Å². The molecule has 2 rings (SSSR count). The molecule has 1 aromatic carbocycles. The molecule has 0 aromatic heterocycles. The standard InChI is InChI=1S/C15H17FN2O2S/c1-10(8-14(16)15(17)18-2)11-4-3-5-13(9-11)21(19,20)12-6-7-12/h3-5,8-9,12H,2,6-7,17H2,1H3/b10-8+,15-14+. The van der Waals surface area contributed by atoms with Crippen molar-refractivity contribution < 1.29 is 12.8 Å². The van der Waals surface area contributed by atoms with Crippen LogP contribution in [-0.4, -0.2) is 20.4 Å². The third-order valence-electron chi connectivity index (χ3n) is 3.34. The summed E-state index contributed by atoms with van der Waals surface area (Å²) < 4.78 is 38.0. The van der Waals surface area contributed by atoms with E-state index in [9.17, 15) is 12.8 Å². The highest BCUT2D eigenvalue weighted by Gasteiger charge is 2.36. The van der Waals surface area contributed by atoms with E-state index >= 15 is 0 Å². The molecule has 1 aromatic rings. The average molecular weight is 308 g/mol. The summed E-state index contributed by atoms with van der Waals surface area (Å²) in [6, 6.07) is 6.50. The van der Waals surface area contributed by atoms with Gasteiger partial charge in [0.05, 0.1) is 10.1 Å². The summed E-state index contributed by atoms with van der Waals surface area (Å²) in [6.45, 7) is 4.83. The van der Waals surface area contributed by atoms with E-state index in [1.807, 2.05) is 0 Å². The number of hydrogen-bond donors (Lipinski definition) is 1. The Bertz CT molecular complexity index is 732. The summed E-state index contributed by atoms with van der Waals surface area (Å²) in [7, 11) is -3.26. The fraction of sp³-hybridized carbons (Fsp3) is 0.267. The lowest BCUT2D eigenvalue weighted by Crippen LogP contribution is -2.07. The third kappa shape index (κ3) is 3.39. The number of allylic oxidation sites excluding steroid dienone is 3. The molecule has 0 heterocycles. The highest BCUT2D eigenvalue weighted by molar-refractivity contribution is 7.92. The van der Waals surface area contributed by atoms with E-state index in [0.29, 0.717) is 24.0 Å². The van der Waals surface area contributed by atoms with Crippen molar-refractivity contribution in [2.45, 2.75) is 29.9 Å². The monoisotopic (exact) mass is 308 g/mol. The number of aliphatic imine (C=N–C) groups is 1. The Labute approximate surface area is 123 Å². The maximum atomic E-state index is 13.6. The van der Waals surface area contributed by atoms with E-state index in [-0.39, 0.29) is 16.0 Å². The molecule has 0 unspecified atom stereocenters. The van der Waals surface area contributed by atoms with E-state index in [1.165, 1.54) is 6.08 Å². The van der Waals surface area contributed by atoms with Gasteiger partial charge in [0.15, 0.2) is 21.5 Å². The summed E-state index contributed by atoms with van der Waals surface area (Å²) in [5.41, 5.74) is 6.52. The van der Waals surface area contributed by atoms with Gasteiger partial charge in [0, 0.05) is 0 Å². The van der Waals surface area contributed by atoms with E-state index in [4.69, 9.17) is 5.73 Å². The van der Waals surface area contributed by atoms with Gasteiger partial charge >= 0.3 is 0 Å². The summed E-state index contributed by atoms with van der Waals surface area (Å²) in [6.07, 6.45) is 2.63. The number of halogens is 1. The molecule has 1 aliphatic rings. The van der Waals surface area contributed by atoms with Crippen LogP contribution < -0.4 is 5.73 Å². The van der Waals surface area contributed by atoms with Crippen molar-refractivity contribution in [1.29, 1.82) is 0 Å². The Kier molecular flexibility index (Phi) is 4.27. The predicted octanol–water partition coefficient (Wildman–Crippen LogP) is 2.82. The first-order valence-corrected chi connectivity index (χ1v) is 8.05. The van der Waals surface area contributed by atoms with Gasteiger partial charge < -0.3 is 5.73 Å². The molecule has 0 spiro atoms. The number of rotatable bonds is 5. The van der Waals surface area contributed by atoms with Gasteiger partial charge in [-0.25, -0.2) is 17.8 Å². The first kappa shape index (κ1) is 15.4. The normalized spacial score (nSPS) is 17.3. The zero-order valence-electron chi connectivity index (χ0n) is 11.7. The van der Waals surface area contributed by atoms with Crippen molar-refractivity contribution in [1.82, 2.24) is 0 Å². The van der Waals surface area contributed by atoms with Gasteiger partial charge in [-0.05, 0) is 55.8 Å². The summed E-state index contributed by atoms with van der Waals surface area (Å²) in [5.74, 6) is -0.992. The van der Waals surface area contributed by atoms with E-state index in [0.717, 1.165) is 0 Å². The van der Waals surface area contributed by atoms with Crippen LogP contribution in [0.4, 0.5) is 4.39 Å². The largest absolute Gasteiger partial charge is 0.381 e. The first-order valence-electron chi connectivity index (χ1n) is 6.51. The molecule has 4 nitrogen and oxygen atoms in total. The summed E-state index contributed by atoms with van der Waals surface area (Å²) in [4.78, 5) is 3.59.